The zero-order valence-corrected chi connectivity index (χ0v) is 16.1. The van der Waals surface area contributed by atoms with E-state index in [1.165, 1.54) is 0 Å². The topological polar surface area (TPSA) is 44.8 Å². The molecule has 0 radical (unpaired) electrons. The zero-order chi connectivity index (χ0) is 17.9. The standard InChI is InChI=1S/C17H25Cl2N3O2/c1-11(13-5-6-14(24-4)16(19)15(13)18)20-17(23)22(3)12-7-9-21(2)10-8-12/h5-6,11-12H,7-10H2,1-4H3,(H,20,23). The number of hydrogen-bond acceptors (Lipinski definition) is 3. The molecule has 1 saturated heterocycles. The van der Waals surface area contributed by atoms with Crippen LogP contribution in [0.25, 0.3) is 0 Å². The van der Waals surface area contributed by atoms with Gasteiger partial charge in [-0.1, -0.05) is 29.3 Å². The molecule has 2 rings (SSSR count). The van der Waals surface area contributed by atoms with Gasteiger partial charge in [-0.25, -0.2) is 4.79 Å². The van der Waals surface area contributed by atoms with E-state index >= 15 is 0 Å². The molecule has 1 aromatic rings. The largest absolute Gasteiger partial charge is 0.495 e. The maximum atomic E-state index is 12.5. The lowest BCUT2D eigenvalue weighted by Gasteiger charge is -2.35. The third-order valence-corrected chi connectivity index (χ3v) is 5.54. The van der Waals surface area contributed by atoms with E-state index < -0.39 is 0 Å². The van der Waals surface area contributed by atoms with Crippen molar-refractivity contribution in [3.8, 4) is 5.75 Å². The normalized spacial score (nSPS) is 17.4. The van der Waals surface area contributed by atoms with Crippen LogP contribution < -0.4 is 10.1 Å². The number of benzene rings is 1. The maximum absolute atomic E-state index is 12.5. The van der Waals surface area contributed by atoms with Crippen LogP contribution >= 0.6 is 23.2 Å². The second kappa shape index (κ2) is 8.28. The molecule has 0 saturated carbocycles. The molecule has 2 amide bonds. The van der Waals surface area contributed by atoms with Crippen molar-refractivity contribution in [2.45, 2.75) is 31.8 Å². The van der Waals surface area contributed by atoms with Crippen molar-refractivity contribution in [2.24, 2.45) is 0 Å². The first-order valence-corrected chi connectivity index (χ1v) is 8.84. The number of nitrogens with zero attached hydrogens (tertiary/aromatic N) is 2. The van der Waals surface area contributed by atoms with Crippen molar-refractivity contribution in [1.29, 1.82) is 0 Å². The van der Waals surface area contributed by atoms with Crippen LogP contribution in [-0.2, 0) is 0 Å². The van der Waals surface area contributed by atoms with Gasteiger partial charge >= 0.3 is 6.03 Å². The van der Waals surface area contributed by atoms with E-state index in [4.69, 9.17) is 27.9 Å². The van der Waals surface area contributed by atoms with Crippen molar-refractivity contribution in [1.82, 2.24) is 15.1 Å². The summed E-state index contributed by atoms with van der Waals surface area (Å²) in [6.07, 6.45) is 1.98. The second-order valence-electron chi connectivity index (χ2n) is 6.30. The van der Waals surface area contributed by atoms with Crippen LogP contribution in [0.4, 0.5) is 4.79 Å². The lowest BCUT2D eigenvalue weighted by molar-refractivity contribution is 0.146. The van der Waals surface area contributed by atoms with Gasteiger partial charge in [0.25, 0.3) is 0 Å². The molecule has 1 fully saturated rings. The summed E-state index contributed by atoms with van der Waals surface area (Å²) in [7, 11) is 5.49. The number of ether oxygens (including phenoxy) is 1. The maximum Gasteiger partial charge on any atom is 0.317 e. The van der Waals surface area contributed by atoms with E-state index in [-0.39, 0.29) is 18.1 Å². The summed E-state index contributed by atoms with van der Waals surface area (Å²) in [4.78, 5) is 16.6. The molecule has 5 nitrogen and oxygen atoms in total. The van der Waals surface area contributed by atoms with Crippen molar-refractivity contribution < 1.29 is 9.53 Å². The number of nitrogens with one attached hydrogen (secondary N) is 1. The van der Waals surface area contributed by atoms with E-state index in [9.17, 15) is 4.79 Å². The smallest absolute Gasteiger partial charge is 0.317 e. The molecule has 134 valence electrons. The molecule has 1 atom stereocenters. The number of carbonyl (C=O) groups excluding carboxylic acids is 1. The summed E-state index contributed by atoms with van der Waals surface area (Å²) < 4.78 is 5.15. The molecule has 1 heterocycles. The third-order valence-electron chi connectivity index (χ3n) is 4.66. The predicted octanol–water partition coefficient (Wildman–Crippen LogP) is 3.80. The van der Waals surface area contributed by atoms with E-state index in [1.807, 2.05) is 20.0 Å². The van der Waals surface area contributed by atoms with Crippen LogP contribution in [0.5, 0.6) is 5.75 Å². The highest BCUT2D eigenvalue weighted by atomic mass is 35.5. The van der Waals surface area contributed by atoms with Gasteiger partial charge < -0.3 is 19.9 Å². The summed E-state index contributed by atoms with van der Waals surface area (Å²) in [6, 6.07) is 3.51. The first-order chi connectivity index (χ1) is 11.3. The van der Waals surface area contributed by atoms with E-state index in [0.717, 1.165) is 31.5 Å². The molecule has 0 bridgehead atoms. The molecule has 0 aliphatic carbocycles. The lowest BCUT2D eigenvalue weighted by Crippen LogP contribution is -2.48. The van der Waals surface area contributed by atoms with E-state index in [0.29, 0.717) is 15.8 Å². The Morgan fingerprint density at radius 2 is 1.96 bits per heavy atom. The van der Waals surface area contributed by atoms with Gasteiger partial charge in [-0.3, -0.25) is 0 Å². The fourth-order valence-electron chi connectivity index (χ4n) is 2.95. The molecule has 7 heteroatoms. The summed E-state index contributed by atoms with van der Waals surface area (Å²) >= 11 is 12.5. The monoisotopic (exact) mass is 373 g/mol. The molecule has 0 aromatic heterocycles. The third kappa shape index (κ3) is 4.26. The van der Waals surface area contributed by atoms with Gasteiger partial charge in [0, 0.05) is 13.1 Å². The first-order valence-electron chi connectivity index (χ1n) is 8.09. The highest BCUT2D eigenvalue weighted by Gasteiger charge is 2.25. The van der Waals surface area contributed by atoms with Crippen molar-refractivity contribution in [2.75, 3.05) is 34.3 Å². The van der Waals surface area contributed by atoms with Gasteiger partial charge in [0.2, 0.25) is 0 Å². The van der Waals surface area contributed by atoms with Crippen LogP contribution in [0, 0.1) is 0 Å². The molecule has 1 aliphatic rings. The Hall–Kier alpha value is -1.17. The average molecular weight is 374 g/mol. The van der Waals surface area contributed by atoms with E-state index in [1.54, 1.807) is 18.1 Å². The molecule has 1 aromatic carbocycles. The minimum Gasteiger partial charge on any atom is -0.495 e. The Balaban J connectivity index is 2.02. The summed E-state index contributed by atoms with van der Waals surface area (Å²) in [5.74, 6) is 0.521. The van der Waals surface area contributed by atoms with Crippen LogP contribution in [0.3, 0.4) is 0 Å². The number of rotatable bonds is 4. The number of likely N-dealkylation sites (tertiary alicyclic amines) is 1. The van der Waals surface area contributed by atoms with Gasteiger partial charge in [-0.2, -0.15) is 0 Å². The SMILES string of the molecule is COc1ccc(C(C)NC(=O)N(C)C2CCN(C)CC2)c(Cl)c1Cl. The number of amides is 2. The van der Waals surface area contributed by atoms with Crippen molar-refractivity contribution in [3.05, 3.63) is 27.7 Å². The Morgan fingerprint density at radius 1 is 1.33 bits per heavy atom. The molecule has 1 aliphatic heterocycles. The fourth-order valence-corrected chi connectivity index (χ4v) is 3.52. The molecule has 24 heavy (non-hydrogen) atoms. The number of halogens is 2. The van der Waals surface area contributed by atoms with Crippen molar-refractivity contribution in [3.63, 3.8) is 0 Å². The van der Waals surface area contributed by atoms with Gasteiger partial charge in [0.1, 0.15) is 10.8 Å². The quantitative estimate of drug-likeness (QED) is 0.872. The predicted molar refractivity (Wildman–Crippen MR) is 98.2 cm³/mol. The minimum atomic E-state index is -0.248. The van der Waals surface area contributed by atoms with Crippen LogP contribution in [0.2, 0.25) is 10.0 Å². The number of methoxy groups -OCH3 is 1. The van der Waals surface area contributed by atoms with Crippen molar-refractivity contribution >= 4 is 29.2 Å². The fraction of sp³-hybridized carbons (Fsp3) is 0.588. The van der Waals surface area contributed by atoms with Crippen LogP contribution in [-0.4, -0.2) is 56.2 Å². The van der Waals surface area contributed by atoms with Crippen LogP contribution in [0.15, 0.2) is 12.1 Å². The second-order valence-corrected chi connectivity index (χ2v) is 7.06. The van der Waals surface area contributed by atoms with Gasteiger partial charge in [0.15, 0.2) is 0 Å². The number of piperidine rings is 1. The molecular formula is C17H25Cl2N3O2. The zero-order valence-electron chi connectivity index (χ0n) is 14.6. The first kappa shape index (κ1) is 19.2. The Kier molecular flexibility index (Phi) is 6.61. The van der Waals surface area contributed by atoms with Gasteiger partial charge in [0.05, 0.1) is 18.2 Å². The highest BCUT2D eigenvalue weighted by molar-refractivity contribution is 6.43. The molecular weight excluding hydrogens is 349 g/mol. The van der Waals surface area contributed by atoms with Gasteiger partial charge in [-0.15, -0.1) is 0 Å². The molecule has 0 spiro atoms. The minimum absolute atomic E-state index is 0.0972. The van der Waals surface area contributed by atoms with Gasteiger partial charge in [-0.05, 0) is 51.5 Å². The average Bonchev–Trinajstić information content (AvgIpc) is 2.57. The van der Waals surface area contributed by atoms with Crippen LogP contribution in [0.1, 0.15) is 31.4 Å². The highest BCUT2D eigenvalue weighted by Crippen LogP contribution is 2.37. The Labute approximate surface area is 153 Å². The van der Waals surface area contributed by atoms with E-state index in [2.05, 4.69) is 17.3 Å². The summed E-state index contributed by atoms with van der Waals surface area (Å²) in [6.45, 7) is 3.92. The number of hydrogen-bond donors (Lipinski definition) is 1. The summed E-state index contributed by atoms with van der Waals surface area (Å²) in [5.41, 5.74) is 0.771. The molecule has 1 N–H and O–H groups in total. The Bertz CT molecular complexity index is 589. The summed E-state index contributed by atoms with van der Waals surface area (Å²) in [5, 5.41) is 3.77. The number of carbonyl (C=O) groups is 1. The Morgan fingerprint density at radius 3 is 2.54 bits per heavy atom. The molecule has 1 unspecified atom stereocenters. The lowest BCUT2D eigenvalue weighted by atomic mass is 10.0. The number of urea groups is 1.